The molecule has 130 valence electrons. The van der Waals surface area contributed by atoms with Crippen molar-refractivity contribution in [1.82, 2.24) is 9.88 Å². The first-order valence-corrected chi connectivity index (χ1v) is 8.85. The summed E-state index contributed by atoms with van der Waals surface area (Å²) in [5, 5.41) is 4.74. The summed E-state index contributed by atoms with van der Waals surface area (Å²) in [6, 6.07) is 25.7. The van der Waals surface area contributed by atoms with Crippen molar-refractivity contribution in [2.24, 2.45) is 0 Å². The average Bonchev–Trinajstić information content (AvgIpc) is 3.02. The van der Waals surface area contributed by atoms with Crippen LogP contribution in [0.3, 0.4) is 0 Å². The molecule has 0 aliphatic rings. The van der Waals surface area contributed by atoms with Crippen molar-refractivity contribution in [2.45, 2.75) is 19.6 Å². The van der Waals surface area contributed by atoms with E-state index in [0.717, 1.165) is 25.2 Å². The van der Waals surface area contributed by atoms with E-state index >= 15 is 0 Å². The lowest BCUT2D eigenvalue weighted by Gasteiger charge is -2.05. The lowest BCUT2D eigenvalue weighted by atomic mass is 10.1. The van der Waals surface area contributed by atoms with Crippen LogP contribution in [0.5, 0.6) is 0 Å². The van der Waals surface area contributed by atoms with Crippen LogP contribution in [0.25, 0.3) is 10.9 Å². The van der Waals surface area contributed by atoms with Gasteiger partial charge in [0, 0.05) is 36.7 Å². The quantitative estimate of drug-likeness (QED) is 0.514. The molecule has 3 aromatic carbocycles. The van der Waals surface area contributed by atoms with E-state index in [0.29, 0.717) is 0 Å². The zero-order valence-corrected chi connectivity index (χ0v) is 14.5. The molecule has 0 atom stereocenters. The van der Waals surface area contributed by atoms with Gasteiger partial charge < -0.3 is 9.88 Å². The van der Waals surface area contributed by atoms with Crippen LogP contribution in [0.4, 0.5) is 4.39 Å². The maximum Gasteiger partial charge on any atom is 0.123 e. The Bertz CT molecular complexity index is 988. The van der Waals surface area contributed by atoms with Gasteiger partial charge in [-0.1, -0.05) is 60.7 Å². The zero-order valence-electron chi connectivity index (χ0n) is 14.5. The van der Waals surface area contributed by atoms with E-state index in [2.05, 4.69) is 64.6 Å². The maximum absolute atomic E-state index is 13.0. The summed E-state index contributed by atoms with van der Waals surface area (Å²) < 4.78 is 15.3. The molecule has 0 radical (unpaired) electrons. The fraction of sp³-hybridized carbons (Fsp3) is 0.130. The van der Waals surface area contributed by atoms with Gasteiger partial charge in [0.25, 0.3) is 0 Å². The Morgan fingerprint density at radius 1 is 0.731 bits per heavy atom. The highest BCUT2D eigenvalue weighted by Crippen LogP contribution is 2.22. The van der Waals surface area contributed by atoms with E-state index in [1.54, 1.807) is 0 Å². The molecule has 2 nitrogen and oxygen atoms in total. The highest BCUT2D eigenvalue weighted by Gasteiger charge is 2.08. The number of hydrogen-bond donors (Lipinski definition) is 1. The highest BCUT2D eigenvalue weighted by molar-refractivity contribution is 5.84. The van der Waals surface area contributed by atoms with Crippen molar-refractivity contribution in [3.63, 3.8) is 0 Å². The van der Waals surface area contributed by atoms with Crippen LogP contribution in [0.1, 0.15) is 16.7 Å². The van der Waals surface area contributed by atoms with Crippen LogP contribution in [0, 0.1) is 5.82 Å². The number of fused-ring (bicyclic) bond motifs is 1. The number of rotatable bonds is 6. The van der Waals surface area contributed by atoms with Gasteiger partial charge in [-0.15, -0.1) is 0 Å². The third-order valence-electron chi connectivity index (χ3n) is 4.62. The molecule has 4 aromatic rings. The lowest BCUT2D eigenvalue weighted by Crippen LogP contribution is -2.12. The largest absolute Gasteiger partial charge is 0.343 e. The number of halogens is 1. The molecule has 0 saturated heterocycles. The van der Waals surface area contributed by atoms with Gasteiger partial charge in [0.1, 0.15) is 5.82 Å². The molecule has 0 saturated carbocycles. The van der Waals surface area contributed by atoms with Gasteiger partial charge in [-0.25, -0.2) is 4.39 Å². The van der Waals surface area contributed by atoms with E-state index in [9.17, 15) is 4.39 Å². The molecule has 1 N–H and O–H groups in total. The summed E-state index contributed by atoms with van der Waals surface area (Å²) in [4.78, 5) is 0. The normalized spacial score (nSPS) is 11.1. The standard InChI is InChI=1S/C23H21FN2/c24-21-12-10-18(11-13-21)14-25-15-20-17-26(16-19-6-2-1-3-7-19)23-9-5-4-8-22(20)23/h1-13,17,25H,14-16H2. The fourth-order valence-electron chi connectivity index (χ4n) is 3.32. The number of nitrogens with zero attached hydrogens (tertiary/aromatic N) is 1. The smallest absolute Gasteiger partial charge is 0.123 e. The summed E-state index contributed by atoms with van der Waals surface area (Å²) >= 11 is 0. The molecule has 0 aliphatic carbocycles. The second-order valence-corrected chi connectivity index (χ2v) is 6.52. The van der Waals surface area contributed by atoms with Gasteiger partial charge in [-0.3, -0.25) is 0 Å². The van der Waals surface area contributed by atoms with E-state index in [4.69, 9.17) is 0 Å². The Kier molecular flexibility index (Phi) is 4.80. The summed E-state index contributed by atoms with van der Waals surface area (Å²) in [5.41, 5.74) is 4.90. The monoisotopic (exact) mass is 344 g/mol. The fourth-order valence-corrected chi connectivity index (χ4v) is 3.32. The molecule has 0 fully saturated rings. The van der Waals surface area contributed by atoms with Crippen molar-refractivity contribution >= 4 is 10.9 Å². The minimum Gasteiger partial charge on any atom is -0.343 e. The molecular formula is C23H21FN2. The van der Waals surface area contributed by atoms with Crippen LogP contribution in [0.2, 0.25) is 0 Å². The number of aromatic nitrogens is 1. The first kappa shape index (κ1) is 16.6. The molecule has 26 heavy (non-hydrogen) atoms. The van der Waals surface area contributed by atoms with Crippen LogP contribution in [0.15, 0.2) is 85.1 Å². The van der Waals surface area contributed by atoms with Gasteiger partial charge in [0.05, 0.1) is 0 Å². The summed E-state index contributed by atoms with van der Waals surface area (Å²) in [6.07, 6.45) is 2.23. The third-order valence-corrected chi connectivity index (χ3v) is 4.62. The Balaban J connectivity index is 1.52. The van der Waals surface area contributed by atoms with Gasteiger partial charge in [-0.2, -0.15) is 0 Å². The minimum atomic E-state index is -0.197. The lowest BCUT2D eigenvalue weighted by molar-refractivity contribution is 0.625. The topological polar surface area (TPSA) is 17.0 Å². The van der Waals surface area contributed by atoms with Gasteiger partial charge in [0.15, 0.2) is 0 Å². The minimum absolute atomic E-state index is 0.197. The Morgan fingerprint density at radius 2 is 1.46 bits per heavy atom. The van der Waals surface area contributed by atoms with E-state index in [-0.39, 0.29) is 5.82 Å². The van der Waals surface area contributed by atoms with E-state index < -0.39 is 0 Å². The first-order chi connectivity index (χ1) is 12.8. The maximum atomic E-state index is 13.0. The molecule has 0 aliphatic heterocycles. The average molecular weight is 344 g/mol. The molecule has 0 spiro atoms. The van der Waals surface area contributed by atoms with Crippen LogP contribution in [-0.2, 0) is 19.6 Å². The third kappa shape index (κ3) is 3.68. The second-order valence-electron chi connectivity index (χ2n) is 6.52. The predicted molar refractivity (Wildman–Crippen MR) is 104 cm³/mol. The van der Waals surface area contributed by atoms with Crippen molar-refractivity contribution < 1.29 is 4.39 Å². The zero-order chi connectivity index (χ0) is 17.8. The van der Waals surface area contributed by atoms with Crippen molar-refractivity contribution in [1.29, 1.82) is 0 Å². The van der Waals surface area contributed by atoms with E-state index in [1.807, 2.05) is 18.2 Å². The SMILES string of the molecule is Fc1ccc(CNCc2cn(Cc3ccccc3)c3ccccc23)cc1. The molecule has 4 rings (SSSR count). The predicted octanol–water partition coefficient (Wildman–Crippen LogP) is 5.12. The number of para-hydroxylation sites is 1. The van der Waals surface area contributed by atoms with Gasteiger partial charge >= 0.3 is 0 Å². The van der Waals surface area contributed by atoms with E-state index in [1.165, 1.54) is 34.2 Å². The Morgan fingerprint density at radius 3 is 2.27 bits per heavy atom. The Labute approximate surface area is 152 Å². The van der Waals surface area contributed by atoms with Crippen molar-refractivity contribution in [3.05, 3.63) is 108 Å². The summed E-state index contributed by atoms with van der Waals surface area (Å²) in [5.74, 6) is -0.197. The molecule has 1 aromatic heterocycles. The molecule has 0 bridgehead atoms. The van der Waals surface area contributed by atoms with Crippen molar-refractivity contribution in [2.75, 3.05) is 0 Å². The van der Waals surface area contributed by atoms with Crippen LogP contribution < -0.4 is 5.32 Å². The van der Waals surface area contributed by atoms with Gasteiger partial charge in [0.2, 0.25) is 0 Å². The molecule has 0 unspecified atom stereocenters. The summed E-state index contributed by atoms with van der Waals surface area (Å²) in [7, 11) is 0. The number of hydrogen-bond acceptors (Lipinski definition) is 1. The first-order valence-electron chi connectivity index (χ1n) is 8.85. The second kappa shape index (κ2) is 7.54. The molecule has 1 heterocycles. The molecule has 3 heteroatoms. The van der Waals surface area contributed by atoms with Gasteiger partial charge in [-0.05, 0) is 34.9 Å². The molecule has 0 amide bonds. The highest BCUT2D eigenvalue weighted by atomic mass is 19.1. The van der Waals surface area contributed by atoms with Crippen LogP contribution >= 0.6 is 0 Å². The van der Waals surface area contributed by atoms with Crippen molar-refractivity contribution in [3.8, 4) is 0 Å². The summed E-state index contributed by atoms with van der Waals surface area (Å²) in [6.45, 7) is 2.36. The Hall–Kier alpha value is -2.91. The number of benzene rings is 3. The molecular weight excluding hydrogens is 323 g/mol. The van der Waals surface area contributed by atoms with Crippen LogP contribution in [-0.4, -0.2) is 4.57 Å². The number of nitrogens with one attached hydrogen (secondary N) is 1.